The highest BCUT2D eigenvalue weighted by molar-refractivity contribution is 6.34. The van der Waals surface area contributed by atoms with Crippen molar-refractivity contribution >= 4 is 28.6 Å². The molecule has 0 bridgehead atoms. The predicted octanol–water partition coefficient (Wildman–Crippen LogP) is 2.53. The first-order valence-electron chi connectivity index (χ1n) is 3.84. The van der Waals surface area contributed by atoms with Gasteiger partial charge in [-0.1, -0.05) is 23.7 Å². The van der Waals surface area contributed by atoms with Crippen molar-refractivity contribution in [3.63, 3.8) is 0 Å². The highest BCUT2D eigenvalue weighted by Crippen LogP contribution is 2.35. The number of fused-ring (bicyclic) bond motifs is 1. The van der Waals surface area contributed by atoms with Gasteiger partial charge in [-0.15, -0.1) is 0 Å². The Balaban J connectivity index is 2.95. The number of aromatic hydroxyl groups is 1. The van der Waals surface area contributed by atoms with Gasteiger partial charge in [-0.05, 0) is 12.1 Å². The average molecular weight is 212 g/mol. The van der Waals surface area contributed by atoms with Crippen LogP contribution in [0.5, 0.6) is 5.75 Å². The second-order valence-corrected chi connectivity index (χ2v) is 3.13. The average Bonchev–Trinajstić information content (AvgIpc) is 2.41. The molecule has 4 nitrogen and oxygen atoms in total. The Hall–Kier alpha value is -1.68. The number of aromatic nitrogens is 1. The van der Waals surface area contributed by atoms with E-state index in [0.717, 1.165) is 4.57 Å². The lowest BCUT2D eigenvalue weighted by Gasteiger charge is -1.97. The SMILES string of the molecule is O=C(O)n1c(Cl)c(O)c2ccccc21. The molecule has 0 radical (unpaired) electrons. The van der Waals surface area contributed by atoms with E-state index in [1.807, 2.05) is 0 Å². The van der Waals surface area contributed by atoms with E-state index in [4.69, 9.17) is 16.7 Å². The molecule has 0 spiro atoms. The van der Waals surface area contributed by atoms with Crippen molar-refractivity contribution in [2.24, 2.45) is 0 Å². The van der Waals surface area contributed by atoms with E-state index < -0.39 is 6.09 Å². The second kappa shape index (κ2) is 2.92. The maximum absolute atomic E-state index is 10.8. The number of para-hydroxylation sites is 1. The Kier molecular flexibility index (Phi) is 1.86. The molecule has 0 aliphatic rings. The zero-order valence-electron chi connectivity index (χ0n) is 6.94. The number of hydrogen-bond acceptors (Lipinski definition) is 2. The van der Waals surface area contributed by atoms with Gasteiger partial charge in [-0.3, -0.25) is 0 Å². The molecule has 0 aliphatic heterocycles. The van der Waals surface area contributed by atoms with Crippen LogP contribution >= 0.6 is 11.6 Å². The molecule has 2 rings (SSSR count). The Morgan fingerprint density at radius 1 is 1.36 bits per heavy atom. The molecule has 0 saturated heterocycles. The molecule has 0 atom stereocenters. The highest BCUT2D eigenvalue weighted by atomic mass is 35.5. The van der Waals surface area contributed by atoms with Crippen LogP contribution < -0.4 is 0 Å². The first-order valence-corrected chi connectivity index (χ1v) is 4.22. The minimum Gasteiger partial charge on any atom is -0.504 e. The summed E-state index contributed by atoms with van der Waals surface area (Å²) in [6, 6.07) is 6.56. The third-order valence-electron chi connectivity index (χ3n) is 1.98. The van der Waals surface area contributed by atoms with Crippen LogP contribution in [0.25, 0.3) is 10.9 Å². The smallest absolute Gasteiger partial charge is 0.417 e. The van der Waals surface area contributed by atoms with Crippen molar-refractivity contribution in [3.05, 3.63) is 29.4 Å². The van der Waals surface area contributed by atoms with Gasteiger partial charge in [0.2, 0.25) is 0 Å². The molecule has 2 aromatic rings. The molecule has 0 fully saturated rings. The van der Waals surface area contributed by atoms with Gasteiger partial charge in [0.1, 0.15) is 0 Å². The van der Waals surface area contributed by atoms with Crippen molar-refractivity contribution in [1.29, 1.82) is 0 Å². The second-order valence-electron chi connectivity index (χ2n) is 2.77. The van der Waals surface area contributed by atoms with E-state index in [1.165, 1.54) is 0 Å². The molecule has 72 valence electrons. The topological polar surface area (TPSA) is 62.5 Å². The lowest BCUT2D eigenvalue weighted by atomic mass is 10.2. The van der Waals surface area contributed by atoms with Gasteiger partial charge in [-0.2, -0.15) is 0 Å². The van der Waals surface area contributed by atoms with Gasteiger partial charge >= 0.3 is 6.09 Å². The van der Waals surface area contributed by atoms with Crippen molar-refractivity contribution in [2.45, 2.75) is 0 Å². The summed E-state index contributed by atoms with van der Waals surface area (Å²) in [6.07, 6.45) is -1.22. The van der Waals surface area contributed by atoms with Gasteiger partial charge in [0.15, 0.2) is 10.9 Å². The zero-order valence-corrected chi connectivity index (χ0v) is 7.69. The van der Waals surface area contributed by atoms with Crippen LogP contribution in [-0.2, 0) is 0 Å². The number of halogens is 1. The minimum absolute atomic E-state index is 0.182. The summed E-state index contributed by atoms with van der Waals surface area (Å²) in [5.41, 5.74) is 0.377. The van der Waals surface area contributed by atoms with Gasteiger partial charge in [0.05, 0.1) is 5.52 Å². The van der Waals surface area contributed by atoms with E-state index in [0.29, 0.717) is 10.9 Å². The summed E-state index contributed by atoms with van der Waals surface area (Å²) in [7, 11) is 0. The number of carbonyl (C=O) groups is 1. The monoisotopic (exact) mass is 211 g/mol. The van der Waals surface area contributed by atoms with Crippen molar-refractivity contribution in [3.8, 4) is 5.75 Å². The highest BCUT2D eigenvalue weighted by Gasteiger charge is 2.18. The largest absolute Gasteiger partial charge is 0.504 e. The van der Waals surface area contributed by atoms with Gasteiger partial charge < -0.3 is 10.2 Å². The van der Waals surface area contributed by atoms with Crippen molar-refractivity contribution < 1.29 is 15.0 Å². The number of nitrogens with zero attached hydrogens (tertiary/aromatic N) is 1. The fraction of sp³-hybridized carbons (Fsp3) is 0. The van der Waals surface area contributed by atoms with Gasteiger partial charge in [0, 0.05) is 5.39 Å². The van der Waals surface area contributed by atoms with E-state index in [9.17, 15) is 9.90 Å². The normalized spacial score (nSPS) is 10.6. The Bertz CT molecular complexity index is 518. The number of rotatable bonds is 0. The zero-order chi connectivity index (χ0) is 10.3. The molecular formula is C9H6ClNO3. The molecule has 0 aliphatic carbocycles. The summed E-state index contributed by atoms with van der Waals surface area (Å²) in [4.78, 5) is 10.8. The maximum Gasteiger partial charge on any atom is 0.417 e. The van der Waals surface area contributed by atoms with Crippen LogP contribution in [0.15, 0.2) is 24.3 Å². The molecule has 1 aromatic heterocycles. The van der Waals surface area contributed by atoms with Gasteiger partial charge in [-0.25, -0.2) is 9.36 Å². The van der Waals surface area contributed by atoms with Crippen LogP contribution in [0, 0.1) is 0 Å². The third-order valence-corrected chi connectivity index (χ3v) is 2.33. The van der Waals surface area contributed by atoms with E-state index >= 15 is 0 Å². The molecule has 2 N–H and O–H groups in total. The minimum atomic E-state index is -1.22. The first kappa shape index (κ1) is 8.90. The summed E-state index contributed by atoms with van der Waals surface area (Å²) in [6.45, 7) is 0. The first-order chi connectivity index (χ1) is 6.63. The Morgan fingerprint density at radius 2 is 2.00 bits per heavy atom. The fourth-order valence-electron chi connectivity index (χ4n) is 1.38. The summed E-state index contributed by atoms with van der Waals surface area (Å²) >= 11 is 5.66. The van der Waals surface area contributed by atoms with Crippen LogP contribution in [0.2, 0.25) is 5.15 Å². The molecule has 0 amide bonds. The predicted molar refractivity (Wildman–Crippen MR) is 52.0 cm³/mol. The Morgan fingerprint density at radius 3 is 2.64 bits per heavy atom. The van der Waals surface area contributed by atoms with Crippen LogP contribution in [0.3, 0.4) is 0 Å². The Labute approximate surface area is 84.0 Å². The van der Waals surface area contributed by atoms with Crippen LogP contribution in [-0.4, -0.2) is 20.9 Å². The van der Waals surface area contributed by atoms with E-state index in [-0.39, 0.29) is 10.9 Å². The van der Waals surface area contributed by atoms with Crippen molar-refractivity contribution in [2.75, 3.05) is 0 Å². The quantitative estimate of drug-likeness (QED) is 0.704. The molecule has 0 unspecified atom stereocenters. The lowest BCUT2D eigenvalue weighted by Crippen LogP contribution is -2.06. The summed E-state index contributed by atoms with van der Waals surface area (Å²) < 4.78 is 0.840. The lowest BCUT2D eigenvalue weighted by molar-refractivity contribution is 0.197. The molecule has 0 saturated carbocycles. The van der Waals surface area contributed by atoms with Crippen LogP contribution in [0.1, 0.15) is 0 Å². The molecule has 5 heteroatoms. The standard InChI is InChI=1S/C9H6ClNO3/c10-8-7(12)5-3-1-2-4-6(5)11(8)9(13)14/h1-4,12H,(H,13,14). The number of hydrogen-bond donors (Lipinski definition) is 2. The number of carboxylic acid groups (broad SMARTS) is 1. The third kappa shape index (κ3) is 1.04. The summed E-state index contributed by atoms with van der Waals surface area (Å²) in [5.74, 6) is -0.204. The molecule has 1 heterocycles. The molecule has 1 aromatic carbocycles. The van der Waals surface area contributed by atoms with Gasteiger partial charge in [0.25, 0.3) is 0 Å². The maximum atomic E-state index is 10.8. The van der Waals surface area contributed by atoms with E-state index in [1.54, 1.807) is 24.3 Å². The fourth-order valence-corrected chi connectivity index (χ4v) is 1.64. The molecular weight excluding hydrogens is 206 g/mol. The molecule has 14 heavy (non-hydrogen) atoms. The van der Waals surface area contributed by atoms with Crippen molar-refractivity contribution in [1.82, 2.24) is 4.57 Å². The summed E-state index contributed by atoms with van der Waals surface area (Å²) in [5, 5.41) is 18.6. The van der Waals surface area contributed by atoms with E-state index in [2.05, 4.69) is 0 Å². The van der Waals surface area contributed by atoms with Crippen LogP contribution in [0.4, 0.5) is 4.79 Å². The number of benzene rings is 1.